The number of rotatable bonds is 3. The second kappa shape index (κ2) is 6.71. The number of nitrogens with zero attached hydrogens (tertiary/aromatic N) is 1. The lowest BCUT2D eigenvalue weighted by Gasteiger charge is -2.35. The standard InChI is InChI=1S/C18H24N2O3/c1-12-10-20(11-13(2)23-12)18(22)9-19-15-7-6-14-4-3-5-17(21)16(14)8-15/h6-8,12-13,19H,3-5,9-11H2,1-2H3/t12-,13-/m1/s1. The average Bonchev–Trinajstić information content (AvgIpc) is 2.52. The van der Waals surface area contributed by atoms with Crippen LogP contribution in [0.2, 0.25) is 0 Å². The molecule has 0 radical (unpaired) electrons. The van der Waals surface area contributed by atoms with Crippen molar-refractivity contribution in [2.24, 2.45) is 0 Å². The van der Waals surface area contributed by atoms with Gasteiger partial charge < -0.3 is 15.0 Å². The second-order valence-electron chi connectivity index (χ2n) is 6.56. The first-order valence-electron chi connectivity index (χ1n) is 8.36. The van der Waals surface area contributed by atoms with Gasteiger partial charge in [-0.25, -0.2) is 0 Å². The summed E-state index contributed by atoms with van der Waals surface area (Å²) in [5.74, 6) is 0.271. The minimum absolute atomic E-state index is 0.0658. The summed E-state index contributed by atoms with van der Waals surface area (Å²) >= 11 is 0. The highest BCUT2D eigenvalue weighted by Gasteiger charge is 2.25. The third-order valence-corrected chi connectivity index (χ3v) is 4.48. The molecule has 0 unspecified atom stereocenters. The number of nitrogens with one attached hydrogen (secondary N) is 1. The number of carbonyl (C=O) groups excluding carboxylic acids is 2. The second-order valence-corrected chi connectivity index (χ2v) is 6.56. The first-order chi connectivity index (χ1) is 11.0. The minimum Gasteiger partial charge on any atom is -0.376 e. The lowest BCUT2D eigenvalue weighted by atomic mass is 9.90. The monoisotopic (exact) mass is 316 g/mol. The first-order valence-corrected chi connectivity index (χ1v) is 8.36. The zero-order chi connectivity index (χ0) is 16.4. The molecule has 1 aromatic carbocycles. The summed E-state index contributed by atoms with van der Waals surface area (Å²) in [6.45, 7) is 5.48. The average molecular weight is 316 g/mol. The highest BCUT2D eigenvalue weighted by Crippen LogP contribution is 2.24. The first kappa shape index (κ1) is 16.0. The van der Waals surface area contributed by atoms with Crippen LogP contribution < -0.4 is 5.32 Å². The summed E-state index contributed by atoms with van der Waals surface area (Å²) in [5.41, 5.74) is 2.76. The summed E-state index contributed by atoms with van der Waals surface area (Å²) in [5, 5.41) is 3.16. The number of carbonyl (C=O) groups is 2. The molecule has 1 aliphatic carbocycles. The SMILES string of the molecule is C[C@@H]1CN(C(=O)CNc2ccc3c(c2)C(=O)CCC3)C[C@@H](C)O1. The maximum atomic E-state index is 12.4. The van der Waals surface area contributed by atoms with Gasteiger partial charge in [-0.3, -0.25) is 9.59 Å². The molecule has 1 heterocycles. The fourth-order valence-corrected chi connectivity index (χ4v) is 3.41. The van der Waals surface area contributed by atoms with Crippen molar-refractivity contribution < 1.29 is 14.3 Å². The molecule has 0 bridgehead atoms. The van der Waals surface area contributed by atoms with E-state index in [4.69, 9.17) is 4.74 Å². The van der Waals surface area contributed by atoms with E-state index in [0.717, 1.165) is 29.7 Å². The van der Waals surface area contributed by atoms with Gasteiger partial charge in [0.1, 0.15) is 0 Å². The number of fused-ring (bicyclic) bond motifs is 1. The van der Waals surface area contributed by atoms with Gasteiger partial charge in [0.05, 0.1) is 18.8 Å². The van der Waals surface area contributed by atoms with Crippen molar-refractivity contribution in [3.05, 3.63) is 29.3 Å². The summed E-state index contributed by atoms with van der Waals surface area (Å²) in [4.78, 5) is 26.2. The quantitative estimate of drug-likeness (QED) is 0.929. The molecular weight excluding hydrogens is 292 g/mol. The number of hydrogen-bond acceptors (Lipinski definition) is 4. The zero-order valence-corrected chi connectivity index (χ0v) is 13.8. The van der Waals surface area contributed by atoms with Gasteiger partial charge >= 0.3 is 0 Å². The van der Waals surface area contributed by atoms with E-state index < -0.39 is 0 Å². The maximum Gasteiger partial charge on any atom is 0.242 e. The number of amides is 1. The molecule has 1 aliphatic heterocycles. The van der Waals surface area contributed by atoms with E-state index in [1.54, 1.807) is 0 Å². The van der Waals surface area contributed by atoms with E-state index in [1.807, 2.05) is 36.9 Å². The normalized spacial score (nSPS) is 24.3. The number of ketones is 1. The van der Waals surface area contributed by atoms with Crippen LogP contribution in [0.5, 0.6) is 0 Å². The van der Waals surface area contributed by atoms with Gasteiger partial charge in [0.15, 0.2) is 5.78 Å². The third-order valence-electron chi connectivity index (χ3n) is 4.48. The molecule has 2 aliphatic rings. The molecule has 1 aromatic rings. The van der Waals surface area contributed by atoms with E-state index in [0.29, 0.717) is 19.5 Å². The molecule has 124 valence electrons. The Bertz CT molecular complexity index is 604. The number of Topliss-reactive ketones (excluding diaryl/α,β-unsaturated/α-hetero) is 1. The molecule has 1 N–H and O–H groups in total. The number of ether oxygens (including phenoxy) is 1. The number of anilines is 1. The van der Waals surface area contributed by atoms with E-state index in [9.17, 15) is 9.59 Å². The molecule has 0 aromatic heterocycles. The number of benzene rings is 1. The van der Waals surface area contributed by atoms with Crippen LogP contribution in [0, 0.1) is 0 Å². The molecule has 5 nitrogen and oxygen atoms in total. The summed E-state index contributed by atoms with van der Waals surface area (Å²) < 4.78 is 5.65. The molecule has 2 atom stereocenters. The Morgan fingerprint density at radius 3 is 2.74 bits per heavy atom. The molecule has 3 rings (SSSR count). The molecule has 1 fully saturated rings. The van der Waals surface area contributed by atoms with Crippen molar-refractivity contribution in [2.75, 3.05) is 25.0 Å². The fraction of sp³-hybridized carbons (Fsp3) is 0.556. The van der Waals surface area contributed by atoms with Crippen molar-refractivity contribution in [3.8, 4) is 0 Å². The minimum atomic E-state index is 0.0658. The molecule has 0 spiro atoms. The summed E-state index contributed by atoms with van der Waals surface area (Å²) in [7, 11) is 0. The largest absolute Gasteiger partial charge is 0.376 e. The number of aryl methyl sites for hydroxylation is 1. The Labute approximate surface area is 137 Å². The Kier molecular flexibility index (Phi) is 4.66. The highest BCUT2D eigenvalue weighted by atomic mass is 16.5. The lowest BCUT2D eigenvalue weighted by Crippen LogP contribution is -2.49. The lowest BCUT2D eigenvalue weighted by molar-refractivity contribution is -0.141. The van der Waals surface area contributed by atoms with Gasteiger partial charge in [0.2, 0.25) is 5.91 Å². The van der Waals surface area contributed by atoms with Crippen LogP contribution in [-0.2, 0) is 16.0 Å². The van der Waals surface area contributed by atoms with Gasteiger partial charge in [-0.2, -0.15) is 0 Å². The third kappa shape index (κ3) is 3.72. The zero-order valence-electron chi connectivity index (χ0n) is 13.8. The smallest absolute Gasteiger partial charge is 0.242 e. The topological polar surface area (TPSA) is 58.6 Å². The van der Waals surface area contributed by atoms with Gasteiger partial charge in [-0.15, -0.1) is 0 Å². The van der Waals surface area contributed by atoms with Crippen molar-refractivity contribution in [3.63, 3.8) is 0 Å². The number of hydrogen-bond donors (Lipinski definition) is 1. The Balaban J connectivity index is 1.61. The predicted molar refractivity (Wildman–Crippen MR) is 88.8 cm³/mol. The van der Waals surface area contributed by atoms with Gasteiger partial charge in [0.25, 0.3) is 0 Å². The Morgan fingerprint density at radius 1 is 1.26 bits per heavy atom. The van der Waals surface area contributed by atoms with Crippen molar-refractivity contribution in [1.29, 1.82) is 0 Å². The van der Waals surface area contributed by atoms with Crippen LogP contribution in [0.3, 0.4) is 0 Å². The van der Waals surface area contributed by atoms with Crippen molar-refractivity contribution >= 4 is 17.4 Å². The van der Waals surface area contributed by atoms with Crippen LogP contribution in [0.4, 0.5) is 5.69 Å². The fourth-order valence-electron chi connectivity index (χ4n) is 3.41. The molecule has 1 saturated heterocycles. The van der Waals surface area contributed by atoms with Crippen LogP contribution in [0.15, 0.2) is 18.2 Å². The van der Waals surface area contributed by atoms with Gasteiger partial charge in [-0.1, -0.05) is 6.07 Å². The highest BCUT2D eigenvalue weighted by molar-refractivity contribution is 5.99. The predicted octanol–water partition coefficient (Wildman–Crippen LogP) is 2.25. The van der Waals surface area contributed by atoms with E-state index in [-0.39, 0.29) is 30.4 Å². The van der Waals surface area contributed by atoms with Crippen LogP contribution in [0.25, 0.3) is 0 Å². The molecule has 0 saturated carbocycles. The molecule has 5 heteroatoms. The van der Waals surface area contributed by atoms with E-state index in [1.165, 1.54) is 0 Å². The Morgan fingerprint density at radius 2 is 2.00 bits per heavy atom. The van der Waals surface area contributed by atoms with E-state index in [2.05, 4.69) is 5.32 Å². The number of morpholine rings is 1. The molecule has 23 heavy (non-hydrogen) atoms. The van der Waals surface area contributed by atoms with Crippen LogP contribution in [0.1, 0.15) is 42.6 Å². The van der Waals surface area contributed by atoms with Crippen molar-refractivity contribution in [1.82, 2.24) is 4.90 Å². The van der Waals surface area contributed by atoms with Crippen molar-refractivity contribution in [2.45, 2.75) is 45.3 Å². The van der Waals surface area contributed by atoms with E-state index >= 15 is 0 Å². The maximum absolute atomic E-state index is 12.4. The van der Waals surface area contributed by atoms with Crippen LogP contribution >= 0.6 is 0 Å². The molecule has 1 amide bonds. The van der Waals surface area contributed by atoms with Crippen LogP contribution in [-0.4, -0.2) is 48.4 Å². The molecular formula is C18H24N2O3. The van der Waals surface area contributed by atoms with Gasteiger partial charge in [-0.05, 0) is 44.4 Å². The summed E-state index contributed by atoms with van der Waals surface area (Å²) in [6.07, 6.45) is 2.67. The van der Waals surface area contributed by atoms with Gasteiger partial charge in [0, 0.05) is 30.8 Å². The summed E-state index contributed by atoms with van der Waals surface area (Å²) in [6, 6.07) is 5.84. The Hall–Kier alpha value is -1.88.